The molecule has 7 nitrogen and oxygen atoms in total. The van der Waals surface area contributed by atoms with Gasteiger partial charge in [-0.15, -0.1) is 0 Å². The van der Waals surface area contributed by atoms with Crippen LogP contribution in [0.15, 0.2) is 97.1 Å². The van der Waals surface area contributed by atoms with Gasteiger partial charge in [0, 0.05) is 12.6 Å². The molecular weight excluding hydrogens is 528 g/mol. The molecule has 4 aromatic rings. The first kappa shape index (κ1) is 30.2. The Kier molecular flexibility index (Phi) is 10.2. The largest absolute Gasteiger partial charge is 0.497 e. The van der Waals surface area contributed by atoms with E-state index in [2.05, 4.69) is 19.2 Å². The van der Waals surface area contributed by atoms with Crippen LogP contribution in [0.3, 0.4) is 0 Å². The number of carbonyl (C=O) groups excluding carboxylic acids is 2. The van der Waals surface area contributed by atoms with Crippen LogP contribution in [-0.4, -0.2) is 38.0 Å². The molecule has 1 unspecified atom stereocenters. The quantitative estimate of drug-likeness (QED) is 0.204. The number of carbonyl (C=O) groups is 2. The molecule has 42 heavy (non-hydrogen) atoms. The van der Waals surface area contributed by atoms with Crippen LogP contribution in [0.5, 0.6) is 17.2 Å². The van der Waals surface area contributed by atoms with Gasteiger partial charge in [0.05, 0.1) is 33.4 Å². The zero-order valence-corrected chi connectivity index (χ0v) is 24.8. The molecule has 0 fully saturated rings. The predicted octanol–water partition coefficient (Wildman–Crippen LogP) is 6.79. The number of amides is 2. The van der Waals surface area contributed by atoms with Crippen LogP contribution in [0.2, 0.25) is 0 Å². The van der Waals surface area contributed by atoms with Gasteiger partial charge in [0.25, 0.3) is 5.91 Å². The molecular formula is C35H38N2O5. The van der Waals surface area contributed by atoms with Crippen molar-refractivity contribution in [2.24, 2.45) is 0 Å². The maximum Gasteiger partial charge on any atom is 0.251 e. The molecule has 0 radical (unpaired) electrons. The van der Waals surface area contributed by atoms with Gasteiger partial charge in [-0.2, -0.15) is 0 Å². The second kappa shape index (κ2) is 14.2. The fraction of sp³-hybridized carbons (Fsp3) is 0.257. The molecule has 0 aliphatic heterocycles. The molecule has 4 aromatic carbocycles. The Morgan fingerprint density at radius 2 is 1.33 bits per heavy atom. The first-order chi connectivity index (χ1) is 20.3. The lowest BCUT2D eigenvalue weighted by molar-refractivity contribution is -0.139. The molecule has 1 atom stereocenters. The van der Waals surface area contributed by atoms with E-state index in [1.165, 1.54) is 7.11 Å². The SMILES string of the molecule is COc1ccc(CN(C(=O)Cc2ccccc2)C(C(=O)Nc2ccc(OC)cc2OC)c2ccc(C(C)C)cc2)cc1. The second-order valence-electron chi connectivity index (χ2n) is 10.3. The van der Waals surface area contributed by atoms with Gasteiger partial charge in [0.15, 0.2) is 0 Å². The summed E-state index contributed by atoms with van der Waals surface area (Å²) in [5, 5.41) is 3.02. The average Bonchev–Trinajstić information content (AvgIpc) is 3.02. The number of nitrogens with zero attached hydrogens (tertiary/aromatic N) is 1. The lowest BCUT2D eigenvalue weighted by atomic mass is 9.97. The summed E-state index contributed by atoms with van der Waals surface area (Å²) in [6.45, 7) is 4.46. The minimum absolute atomic E-state index is 0.150. The van der Waals surface area contributed by atoms with Crippen molar-refractivity contribution in [3.8, 4) is 17.2 Å². The summed E-state index contributed by atoms with van der Waals surface area (Å²) in [6.07, 6.45) is 0.150. The minimum Gasteiger partial charge on any atom is -0.497 e. The van der Waals surface area contributed by atoms with Crippen LogP contribution in [0.1, 0.15) is 48.1 Å². The number of hydrogen-bond acceptors (Lipinski definition) is 5. The Labute approximate surface area is 248 Å². The maximum atomic E-state index is 14.2. The topological polar surface area (TPSA) is 77.1 Å². The lowest BCUT2D eigenvalue weighted by Gasteiger charge is -2.32. The minimum atomic E-state index is -0.920. The van der Waals surface area contributed by atoms with Crippen LogP contribution >= 0.6 is 0 Å². The zero-order chi connectivity index (χ0) is 30.1. The Morgan fingerprint density at radius 1 is 0.714 bits per heavy atom. The third-order valence-electron chi connectivity index (χ3n) is 7.18. The van der Waals surface area contributed by atoms with Gasteiger partial charge in [0.1, 0.15) is 23.3 Å². The van der Waals surface area contributed by atoms with Gasteiger partial charge in [0.2, 0.25) is 5.91 Å². The molecule has 0 aliphatic carbocycles. The summed E-state index contributed by atoms with van der Waals surface area (Å²) < 4.78 is 16.2. The van der Waals surface area contributed by atoms with Crippen LogP contribution in [0, 0.1) is 0 Å². The van der Waals surface area contributed by atoms with Crippen molar-refractivity contribution >= 4 is 17.5 Å². The fourth-order valence-electron chi connectivity index (χ4n) is 4.76. The van der Waals surface area contributed by atoms with E-state index in [-0.39, 0.29) is 24.8 Å². The van der Waals surface area contributed by atoms with E-state index in [1.54, 1.807) is 37.3 Å². The van der Waals surface area contributed by atoms with E-state index in [0.29, 0.717) is 34.4 Å². The van der Waals surface area contributed by atoms with Crippen molar-refractivity contribution in [3.05, 3.63) is 119 Å². The number of benzene rings is 4. The molecule has 4 rings (SSSR count). The summed E-state index contributed by atoms with van der Waals surface area (Å²) in [6, 6.07) is 29.2. The van der Waals surface area contributed by atoms with E-state index >= 15 is 0 Å². The molecule has 0 heterocycles. The molecule has 7 heteroatoms. The Balaban J connectivity index is 1.78. The highest BCUT2D eigenvalue weighted by molar-refractivity contribution is 5.99. The Hall–Kier alpha value is -4.78. The first-order valence-corrected chi connectivity index (χ1v) is 13.9. The van der Waals surface area contributed by atoms with Gasteiger partial charge in [-0.25, -0.2) is 0 Å². The highest BCUT2D eigenvalue weighted by Crippen LogP contribution is 2.32. The van der Waals surface area contributed by atoms with E-state index in [0.717, 1.165) is 16.7 Å². The average molecular weight is 567 g/mol. The van der Waals surface area contributed by atoms with Gasteiger partial charge in [-0.3, -0.25) is 9.59 Å². The molecule has 0 aliphatic rings. The third kappa shape index (κ3) is 7.49. The standard InChI is InChI=1S/C35H38N2O5/c1-24(2)27-13-15-28(16-14-27)34(35(39)36-31-20-19-30(41-4)22-32(31)42-5)37(23-26-11-17-29(40-3)18-12-26)33(38)21-25-9-7-6-8-10-25/h6-20,22,24,34H,21,23H2,1-5H3,(H,36,39). The van der Waals surface area contributed by atoms with Crippen molar-refractivity contribution in [2.45, 2.75) is 38.8 Å². The number of nitrogens with one attached hydrogen (secondary N) is 1. The number of rotatable bonds is 12. The summed E-state index contributed by atoms with van der Waals surface area (Å²) in [5.74, 6) is 1.56. The normalized spacial score (nSPS) is 11.5. The van der Waals surface area contributed by atoms with Crippen molar-refractivity contribution in [1.82, 2.24) is 4.90 Å². The van der Waals surface area contributed by atoms with Crippen LogP contribution < -0.4 is 19.5 Å². The van der Waals surface area contributed by atoms with Gasteiger partial charge in [-0.05, 0) is 52.4 Å². The van der Waals surface area contributed by atoms with Gasteiger partial charge in [-0.1, -0.05) is 80.6 Å². The van der Waals surface area contributed by atoms with E-state index in [4.69, 9.17) is 14.2 Å². The molecule has 1 N–H and O–H groups in total. The smallest absolute Gasteiger partial charge is 0.251 e. The monoisotopic (exact) mass is 566 g/mol. The molecule has 0 spiro atoms. The van der Waals surface area contributed by atoms with Crippen molar-refractivity contribution in [1.29, 1.82) is 0 Å². The van der Waals surface area contributed by atoms with E-state index in [1.807, 2.05) is 78.9 Å². The number of methoxy groups -OCH3 is 3. The van der Waals surface area contributed by atoms with Gasteiger partial charge < -0.3 is 24.4 Å². The Bertz CT molecular complexity index is 1470. The summed E-state index contributed by atoms with van der Waals surface area (Å²) >= 11 is 0. The van der Waals surface area contributed by atoms with Crippen molar-refractivity contribution in [3.63, 3.8) is 0 Å². The van der Waals surface area contributed by atoms with Crippen LogP contribution in [0.25, 0.3) is 0 Å². The van der Waals surface area contributed by atoms with Crippen LogP contribution in [0.4, 0.5) is 5.69 Å². The molecule has 0 saturated carbocycles. The van der Waals surface area contributed by atoms with E-state index < -0.39 is 6.04 Å². The number of anilines is 1. The highest BCUT2D eigenvalue weighted by Gasteiger charge is 2.32. The van der Waals surface area contributed by atoms with Crippen LogP contribution in [-0.2, 0) is 22.6 Å². The zero-order valence-electron chi connectivity index (χ0n) is 24.8. The summed E-state index contributed by atoms with van der Waals surface area (Å²) in [7, 11) is 4.71. The van der Waals surface area contributed by atoms with Crippen molar-refractivity contribution in [2.75, 3.05) is 26.6 Å². The number of hydrogen-bond donors (Lipinski definition) is 1. The van der Waals surface area contributed by atoms with Gasteiger partial charge >= 0.3 is 0 Å². The maximum absolute atomic E-state index is 14.2. The summed E-state index contributed by atoms with van der Waals surface area (Å²) in [4.78, 5) is 29.9. The molecule has 218 valence electrons. The highest BCUT2D eigenvalue weighted by atomic mass is 16.5. The summed E-state index contributed by atoms with van der Waals surface area (Å²) in [5.41, 5.74) is 4.07. The number of ether oxygens (including phenoxy) is 3. The molecule has 0 aromatic heterocycles. The third-order valence-corrected chi connectivity index (χ3v) is 7.18. The predicted molar refractivity (Wildman–Crippen MR) is 165 cm³/mol. The van der Waals surface area contributed by atoms with E-state index in [9.17, 15) is 9.59 Å². The fourth-order valence-corrected chi connectivity index (χ4v) is 4.76. The molecule has 2 amide bonds. The second-order valence-corrected chi connectivity index (χ2v) is 10.3. The molecule has 0 bridgehead atoms. The Morgan fingerprint density at radius 3 is 1.93 bits per heavy atom. The lowest BCUT2D eigenvalue weighted by Crippen LogP contribution is -2.41. The first-order valence-electron chi connectivity index (χ1n) is 13.9. The van der Waals surface area contributed by atoms with Crippen molar-refractivity contribution < 1.29 is 23.8 Å². The molecule has 0 saturated heterocycles.